The SMILES string of the molecule is Cc1nn(Cc2ccccc2Cl)c(Cl)c1C(=O)NC1CCCc2c1cnn2C. The van der Waals surface area contributed by atoms with Crippen LogP contribution >= 0.6 is 23.2 Å². The summed E-state index contributed by atoms with van der Waals surface area (Å²) in [4.78, 5) is 13.0. The van der Waals surface area contributed by atoms with E-state index >= 15 is 0 Å². The number of aryl methyl sites for hydroxylation is 2. The van der Waals surface area contributed by atoms with Gasteiger partial charge in [0.15, 0.2) is 0 Å². The molecular weight excluding hydrogens is 397 g/mol. The predicted molar refractivity (Wildman–Crippen MR) is 109 cm³/mol. The maximum absolute atomic E-state index is 13.0. The van der Waals surface area contributed by atoms with Crippen molar-refractivity contribution in [2.45, 2.75) is 38.8 Å². The van der Waals surface area contributed by atoms with E-state index in [9.17, 15) is 4.79 Å². The summed E-state index contributed by atoms with van der Waals surface area (Å²) in [6.07, 6.45) is 4.72. The fraction of sp³-hybridized carbons (Fsp3) is 0.350. The normalized spacial score (nSPS) is 16.1. The van der Waals surface area contributed by atoms with Crippen molar-refractivity contribution >= 4 is 29.1 Å². The molecule has 1 atom stereocenters. The van der Waals surface area contributed by atoms with Crippen LogP contribution in [0.1, 0.15) is 51.8 Å². The van der Waals surface area contributed by atoms with E-state index in [0.29, 0.717) is 28.0 Å². The zero-order valence-corrected chi connectivity index (χ0v) is 17.3. The van der Waals surface area contributed by atoms with Crippen LogP contribution in [-0.4, -0.2) is 25.5 Å². The first-order chi connectivity index (χ1) is 13.5. The van der Waals surface area contributed by atoms with E-state index < -0.39 is 0 Å². The third-order valence-electron chi connectivity index (χ3n) is 5.25. The van der Waals surface area contributed by atoms with Gasteiger partial charge in [0, 0.05) is 23.3 Å². The smallest absolute Gasteiger partial charge is 0.256 e. The van der Waals surface area contributed by atoms with E-state index in [4.69, 9.17) is 23.2 Å². The first kappa shape index (κ1) is 19.0. The topological polar surface area (TPSA) is 64.7 Å². The van der Waals surface area contributed by atoms with Gasteiger partial charge in [-0.15, -0.1) is 0 Å². The third kappa shape index (κ3) is 3.42. The molecule has 4 rings (SSSR count). The molecule has 2 heterocycles. The number of rotatable bonds is 4. The molecule has 0 fully saturated rings. The number of hydrogen-bond donors (Lipinski definition) is 1. The van der Waals surface area contributed by atoms with Gasteiger partial charge < -0.3 is 5.32 Å². The lowest BCUT2D eigenvalue weighted by Gasteiger charge is -2.23. The monoisotopic (exact) mass is 417 g/mol. The number of amides is 1. The first-order valence-electron chi connectivity index (χ1n) is 9.23. The van der Waals surface area contributed by atoms with Gasteiger partial charge in [-0.3, -0.25) is 9.48 Å². The Balaban J connectivity index is 1.57. The summed E-state index contributed by atoms with van der Waals surface area (Å²) >= 11 is 12.8. The quantitative estimate of drug-likeness (QED) is 0.694. The highest BCUT2D eigenvalue weighted by Crippen LogP contribution is 2.30. The molecule has 0 aliphatic heterocycles. The van der Waals surface area contributed by atoms with Gasteiger partial charge in [-0.2, -0.15) is 10.2 Å². The lowest BCUT2D eigenvalue weighted by atomic mass is 9.93. The van der Waals surface area contributed by atoms with E-state index in [0.717, 1.165) is 30.4 Å². The summed E-state index contributed by atoms with van der Waals surface area (Å²) in [7, 11) is 1.93. The highest BCUT2D eigenvalue weighted by Gasteiger charge is 2.28. The van der Waals surface area contributed by atoms with Crippen LogP contribution in [0.5, 0.6) is 0 Å². The van der Waals surface area contributed by atoms with Gasteiger partial charge >= 0.3 is 0 Å². The molecular formula is C20H21Cl2N5O. The molecule has 1 aliphatic carbocycles. The Morgan fingerprint density at radius 2 is 2.11 bits per heavy atom. The summed E-state index contributed by atoms with van der Waals surface area (Å²) in [5.41, 5.74) is 4.16. The fourth-order valence-corrected chi connectivity index (χ4v) is 4.31. The Kier molecular flexibility index (Phi) is 5.17. The summed E-state index contributed by atoms with van der Waals surface area (Å²) in [5.74, 6) is -0.213. The van der Waals surface area contributed by atoms with Crippen LogP contribution in [0.15, 0.2) is 30.5 Å². The molecule has 1 aromatic carbocycles. The van der Waals surface area contributed by atoms with Crippen molar-refractivity contribution in [1.29, 1.82) is 0 Å². The van der Waals surface area contributed by atoms with Gasteiger partial charge in [0.25, 0.3) is 5.91 Å². The Morgan fingerprint density at radius 1 is 1.32 bits per heavy atom. The molecule has 1 amide bonds. The second-order valence-corrected chi connectivity index (χ2v) is 7.85. The predicted octanol–water partition coefficient (Wildman–Crippen LogP) is 4.09. The highest BCUT2D eigenvalue weighted by atomic mass is 35.5. The number of carbonyl (C=O) groups is 1. The maximum atomic E-state index is 13.0. The molecule has 6 nitrogen and oxygen atoms in total. The van der Waals surface area contributed by atoms with Crippen molar-refractivity contribution in [1.82, 2.24) is 24.9 Å². The van der Waals surface area contributed by atoms with E-state index in [-0.39, 0.29) is 11.9 Å². The van der Waals surface area contributed by atoms with Gasteiger partial charge in [-0.05, 0) is 37.8 Å². The lowest BCUT2D eigenvalue weighted by Crippen LogP contribution is -2.31. The molecule has 1 N–H and O–H groups in total. The van der Waals surface area contributed by atoms with Gasteiger partial charge in [-0.25, -0.2) is 4.68 Å². The zero-order valence-electron chi connectivity index (χ0n) is 15.7. The Labute approximate surface area is 173 Å². The first-order valence-corrected chi connectivity index (χ1v) is 9.99. The molecule has 0 radical (unpaired) electrons. The number of nitrogens with one attached hydrogen (secondary N) is 1. The summed E-state index contributed by atoms with van der Waals surface area (Å²) in [6.45, 7) is 2.20. The van der Waals surface area contributed by atoms with Gasteiger partial charge in [0.1, 0.15) is 5.15 Å². The number of carbonyl (C=O) groups excluding carboxylic acids is 1. The van der Waals surface area contributed by atoms with Crippen LogP contribution in [0.3, 0.4) is 0 Å². The molecule has 146 valence electrons. The van der Waals surface area contributed by atoms with Crippen LogP contribution in [-0.2, 0) is 20.0 Å². The number of halogens is 2. The second kappa shape index (κ2) is 7.60. The molecule has 8 heteroatoms. The second-order valence-electron chi connectivity index (χ2n) is 7.09. The molecule has 0 saturated heterocycles. The minimum absolute atomic E-state index is 0.0627. The number of aromatic nitrogens is 4. The van der Waals surface area contributed by atoms with E-state index in [1.807, 2.05) is 42.2 Å². The van der Waals surface area contributed by atoms with Crippen LogP contribution in [0.25, 0.3) is 0 Å². The van der Waals surface area contributed by atoms with Crippen LogP contribution < -0.4 is 5.32 Å². The van der Waals surface area contributed by atoms with Crippen LogP contribution in [0, 0.1) is 6.92 Å². The lowest BCUT2D eigenvalue weighted by molar-refractivity contribution is 0.0932. The number of nitrogens with zero attached hydrogens (tertiary/aromatic N) is 4. The molecule has 3 aromatic rings. The standard InChI is InChI=1S/C20H21Cl2N5O/c1-12-18(19(22)27(25-12)11-13-6-3-4-7-15(13)21)20(28)24-16-8-5-9-17-14(16)10-23-26(17)2/h3-4,6-7,10,16H,5,8-9,11H2,1-2H3,(H,24,28). The third-order valence-corrected chi connectivity index (χ3v) is 6.00. The van der Waals surface area contributed by atoms with Crippen LogP contribution in [0.4, 0.5) is 0 Å². The molecule has 2 aromatic heterocycles. The minimum Gasteiger partial charge on any atom is -0.345 e. The molecule has 28 heavy (non-hydrogen) atoms. The Hall–Kier alpha value is -2.31. The van der Waals surface area contributed by atoms with Crippen molar-refractivity contribution in [2.24, 2.45) is 7.05 Å². The van der Waals surface area contributed by atoms with Crippen molar-refractivity contribution in [2.75, 3.05) is 0 Å². The number of benzene rings is 1. The summed E-state index contributed by atoms with van der Waals surface area (Å²) in [6, 6.07) is 7.46. The Morgan fingerprint density at radius 3 is 2.89 bits per heavy atom. The Bertz CT molecular complexity index is 1040. The average Bonchev–Trinajstić information content (AvgIpc) is 3.18. The van der Waals surface area contributed by atoms with Gasteiger partial charge in [0.05, 0.1) is 30.0 Å². The minimum atomic E-state index is -0.213. The summed E-state index contributed by atoms with van der Waals surface area (Å²) < 4.78 is 3.50. The zero-order chi connectivity index (χ0) is 19.8. The van der Waals surface area contributed by atoms with Crippen molar-refractivity contribution < 1.29 is 4.79 Å². The van der Waals surface area contributed by atoms with Crippen molar-refractivity contribution in [3.8, 4) is 0 Å². The molecule has 1 aliphatic rings. The van der Waals surface area contributed by atoms with E-state index in [1.54, 1.807) is 11.6 Å². The molecule has 0 spiro atoms. The molecule has 1 unspecified atom stereocenters. The van der Waals surface area contributed by atoms with Crippen LogP contribution in [0.2, 0.25) is 10.2 Å². The fourth-order valence-electron chi connectivity index (χ4n) is 3.79. The number of fused-ring (bicyclic) bond motifs is 1. The molecule has 0 bridgehead atoms. The number of hydrogen-bond acceptors (Lipinski definition) is 3. The van der Waals surface area contributed by atoms with E-state index in [2.05, 4.69) is 15.5 Å². The summed E-state index contributed by atoms with van der Waals surface area (Å²) in [5, 5.41) is 12.9. The molecule has 0 saturated carbocycles. The highest BCUT2D eigenvalue weighted by molar-refractivity contribution is 6.33. The van der Waals surface area contributed by atoms with Crippen molar-refractivity contribution in [3.05, 3.63) is 68.7 Å². The average molecular weight is 418 g/mol. The van der Waals surface area contributed by atoms with Gasteiger partial charge in [0.2, 0.25) is 0 Å². The maximum Gasteiger partial charge on any atom is 0.256 e. The van der Waals surface area contributed by atoms with E-state index in [1.165, 1.54) is 5.69 Å². The van der Waals surface area contributed by atoms with Crippen molar-refractivity contribution in [3.63, 3.8) is 0 Å². The largest absolute Gasteiger partial charge is 0.345 e. The van der Waals surface area contributed by atoms with Gasteiger partial charge in [-0.1, -0.05) is 41.4 Å².